The maximum absolute atomic E-state index is 12.2. The van der Waals surface area contributed by atoms with Crippen molar-refractivity contribution in [3.8, 4) is 5.69 Å². The number of carbonyl (C=O) groups is 1. The monoisotopic (exact) mass is 350 g/mol. The Morgan fingerprint density at radius 2 is 2.00 bits per heavy atom. The van der Waals surface area contributed by atoms with Gasteiger partial charge in [0, 0.05) is 17.8 Å². The Morgan fingerprint density at radius 1 is 1.19 bits per heavy atom. The van der Waals surface area contributed by atoms with Crippen molar-refractivity contribution in [3.63, 3.8) is 0 Å². The van der Waals surface area contributed by atoms with E-state index in [0.717, 1.165) is 41.8 Å². The molecule has 7 heteroatoms. The second kappa shape index (κ2) is 7.13. The van der Waals surface area contributed by atoms with E-state index in [9.17, 15) is 4.79 Å². The highest BCUT2D eigenvalue weighted by Crippen LogP contribution is 2.18. The third-order valence-electron chi connectivity index (χ3n) is 4.68. The third-order valence-corrected chi connectivity index (χ3v) is 4.68. The molecule has 3 aromatic rings. The molecule has 134 valence electrons. The lowest BCUT2D eigenvalue weighted by atomic mass is 10.0. The zero-order chi connectivity index (χ0) is 17.9. The van der Waals surface area contributed by atoms with Gasteiger partial charge in [-0.1, -0.05) is 17.3 Å². The minimum absolute atomic E-state index is 0.164. The molecule has 0 saturated carbocycles. The molecule has 1 aliphatic heterocycles. The van der Waals surface area contributed by atoms with Gasteiger partial charge in [-0.25, -0.2) is 9.48 Å². The molecule has 2 aromatic carbocycles. The summed E-state index contributed by atoms with van der Waals surface area (Å²) in [5.41, 5.74) is 3.45. The summed E-state index contributed by atoms with van der Waals surface area (Å²) >= 11 is 0. The first kappa shape index (κ1) is 16.5. The van der Waals surface area contributed by atoms with Crippen molar-refractivity contribution >= 4 is 22.8 Å². The number of amides is 2. The Hall–Kier alpha value is -2.93. The standard InChI is InChI=1S/C19H22N6O/c1-13-12-15(10-11-20-13)22-19(26)21-14-6-8-16(9-7-14)25-18-5-3-2-4-17(18)23-24-25/h2-9,13,15,20H,10-12H2,1H3,(H2,21,22,26). The predicted octanol–water partition coefficient (Wildman–Crippen LogP) is 2.68. The summed E-state index contributed by atoms with van der Waals surface area (Å²) in [6.07, 6.45) is 1.90. The summed E-state index contributed by atoms with van der Waals surface area (Å²) in [4.78, 5) is 12.2. The van der Waals surface area contributed by atoms with Crippen LogP contribution < -0.4 is 16.0 Å². The topological polar surface area (TPSA) is 83.9 Å². The molecule has 3 N–H and O–H groups in total. The summed E-state index contributed by atoms with van der Waals surface area (Å²) in [6.45, 7) is 3.07. The molecule has 0 aliphatic carbocycles. The van der Waals surface area contributed by atoms with Crippen molar-refractivity contribution in [1.82, 2.24) is 25.6 Å². The summed E-state index contributed by atoms with van der Waals surface area (Å²) in [5.74, 6) is 0. The molecule has 2 atom stereocenters. The van der Waals surface area contributed by atoms with Crippen LogP contribution in [0.2, 0.25) is 0 Å². The largest absolute Gasteiger partial charge is 0.335 e. The van der Waals surface area contributed by atoms with Gasteiger partial charge in [-0.15, -0.1) is 5.10 Å². The number of piperidine rings is 1. The fourth-order valence-electron chi connectivity index (χ4n) is 3.36. The summed E-state index contributed by atoms with van der Waals surface area (Å²) in [7, 11) is 0. The van der Waals surface area contributed by atoms with E-state index in [2.05, 4.69) is 33.2 Å². The average molecular weight is 350 g/mol. The van der Waals surface area contributed by atoms with E-state index >= 15 is 0 Å². The first-order chi connectivity index (χ1) is 12.7. The fraction of sp³-hybridized carbons (Fsp3) is 0.316. The second-order valence-corrected chi connectivity index (χ2v) is 6.71. The molecule has 0 bridgehead atoms. The Kier molecular flexibility index (Phi) is 4.53. The van der Waals surface area contributed by atoms with Gasteiger partial charge in [0.25, 0.3) is 0 Å². The van der Waals surface area contributed by atoms with Gasteiger partial charge in [-0.05, 0) is 62.7 Å². The van der Waals surface area contributed by atoms with Crippen molar-refractivity contribution < 1.29 is 4.79 Å². The Balaban J connectivity index is 1.42. The minimum Gasteiger partial charge on any atom is -0.335 e. The van der Waals surface area contributed by atoms with Crippen LogP contribution in [0.1, 0.15) is 19.8 Å². The van der Waals surface area contributed by atoms with Crippen LogP contribution in [0.4, 0.5) is 10.5 Å². The maximum Gasteiger partial charge on any atom is 0.319 e. The number of nitrogens with one attached hydrogen (secondary N) is 3. The molecule has 2 unspecified atom stereocenters. The fourth-order valence-corrected chi connectivity index (χ4v) is 3.36. The highest BCUT2D eigenvalue weighted by Gasteiger charge is 2.19. The zero-order valence-electron chi connectivity index (χ0n) is 14.6. The van der Waals surface area contributed by atoms with E-state index in [-0.39, 0.29) is 12.1 Å². The van der Waals surface area contributed by atoms with Gasteiger partial charge in [0.05, 0.1) is 11.2 Å². The van der Waals surface area contributed by atoms with Gasteiger partial charge < -0.3 is 16.0 Å². The molecule has 1 fully saturated rings. The van der Waals surface area contributed by atoms with Crippen molar-refractivity contribution in [3.05, 3.63) is 48.5 Å². The highest BCUT2D eigenvalue weighted by molar-refractivity contribution is 5.89. The summed E-state index contributed by atoms with van der Waals surface area (Å²) < 4.78 is 1.79. The molecule has 1 aromatic heterocycles. The van der Waals surface area contributed by atoms with E-state index in [0.29, 0.717) is 6.04 Å². The van der Waals surface area contributed by atoms with E-state index in [1.807, 2.05) is 48.5 Å². The van der Waals surface area contributed by atoms with Crippen molar-refractivity contribution in [2.45, 2.75) is 31.8 Å². The van der Waals surface area contributed by atoms with E-state index in [4.69, 9.17) is 0 Å². The van der Waals surface area contributed by atoms with Gasteiger partial charge in [-0.3, -0.25) is 0 Å². The van der Waals surface area contributed by atoms with Crippen LogP contribution in [0.5, 0.6) is 0 Å². The molecule has 4 rings (SSSR count). The number of hydrogen-bond donors (Lipinski definition) is 3. The maximum atomic E-state index is 12.2. The van der Waals surface area contributed by atoms with Crippen LogP contribution >= 0.6 is 0 Å². The lowest BCUT2D eigenvalue weighted by Crippen LogP contribution is -2.47. The number of fused-ring (bicyclic) bond motifs is 1. The van der Waals surface area contributed by atoms with Crippen LogP contribution in [-0.2, 0) is 0 Å². The van der Waals surface area contributed by atoms with Gasteiger partial charge >= 0.3 is 6.03 Å². The Bertz CT molecular complexity index is 904. The van der Waals surface area contributed by atoms with Crippen LogP contribution in [-0.4, -0.2) is 39.7 Å². The van der Waals surface area contributed by atoms with E-state index in [1.54, 1.807) is 4.68 Å². The number of urea groups is 1. The summed E-state index contributed by atoms with van der Waals surface area (Å²) in [6, 6.07) is 15.9. The third kappa shape index (κ3) is 3.52. The van der Waals surface area contributed by atoms with Crippen molar-refractivity contribution in [2.75, 3.05) is 11.9 Å². The average Bonchev–Trinajstić information content (AvgIpc) is 3.06. The number of aromatic nitrogens is 3. The van der Waals surface area contributed by atoms with Gasteiger partial charge in [-0.2, -0.15) is 0 Å². The lowest BCUT2D eigenvalue weighted by molar-refractivity contribution is 0.242. The van der Waals surface area contributed by atoms with Crippen molar-refractivity contribution in [2.24, 2.45) is 0 Å². The van der Waals surface area contributed by atoms with Gasteiger partial charge in [0.15, 0.2) is 0 Å². The SMILES string of the molecule is CC1CC(NC(=O)Nc2ccc(-n3nnc4ccccc43)cc2)CCN1. The number of para-hydroxylation sites is 1. The number of benzene rings is 2. The highest BCUT2D eigenvalue weighted by atomic mass is 16.2. The first-order valence-corrected chi connectivity index (χ1v) is 8.91. The lowest BCUT2D eigenvalue weighted by Gasteiger charge is -2.28. The van der Waals surface area contributed by atoms with Crippen molar-refractivity contribution in [1.29, 1.82) is 0 Å². The number of carbonyl (C=O) groups excluding carboxylic acids is 1. The van der Waals surface area contributed by atoms with E-state index in [1.165, 1.54) is 0 Å². The molecule has 1 saturated heterocycles. The molecule has 0 radical (unpaired) electrons. The zero-order valence-corrected chi connectivity index (χ0v) is 14.6. The number of anilines is 1. The van der Waals surface area contributed by atoms with Gasteiger partial charge in [0.1, 0.15) is 5.52 Å². The first-order valence-electron chi connectivity index (χ1n) is 8.91. The smallest absolute Gasteiger partial charge is 0.319 e. The van der Waals surface area contributed by atoms with Crippen LogP contribution in [0.3, 0.4) is 0 Å². The Morgan fingerprint density at radius 3 is 2.81 bits per heavy atom. The Labute approximate surface area is 151 Å². The molecule has 26 heavy (non-hydrogen) atoms. The van der Waals surface area contributed by atoms with Crippen LogP contribution in [0.25, 0.3) is 16.7 Å². The molecule has 0 spiro atoms. The summed E-state index contributed by atoms with van der Waals surface area (Å²) in [5, 5.41) is 17.7. The van der Waals surface area contributed by atoms with E-state index < -0.39 is 0 Å². The van der Waals surface area contributed by atoms with Crippen LogP contribution in [0, 0.1) is 0 Å². The van der Waals surface area contributed by atoms with Gasteiger partial charge in [0.2, 0.25) is 0 Å². The molecule has 7 nitrogen and oxygen atoms in total. The molecular formula is C19H22N6O. The van der Waals surface area contributed by atoms with Crippen LogP contribution in [0.15, 0.2) is 48.5 Å². The number of rotatable bonds is 3. The quantitative estimate of drug-likeness (QED) is 0.678. The molecule has 1 aliphatic rings. The molecule has 2 amide bonds. The predicted molar refractivity (Wildman–Crippen MR) is 102 cm³/mol. The number of hydrogen-bond acceptors (Lipinski definition) is 4. The number of nitrogens with zero attached hydrogens (tertiary/aromatic N) is 3. The molecular weight excluding hydrogens is 328 g/mol. The second-order valence-electron chi connectivity index (χ2n) is 6.71. The molecule has 2 heterocycles. The normalized spacial score (nSPS) is 20.0. The minimum atomic E-state index is -0.164.